The van der Waals surface area contributed by atoms with E-state index in [1.807, 2.05) is 25.1 Å². The summed E-state index contributed by atoms with van der Waals surface area (Å²) in [4.78, 5) is 5.70. The quantitative estimate of drug-likeness (QED) is 0.915. The van der Waals surface area contributed by atoms with Crippen LogP contribution in [-0.4, -0.2) is 4.98 Å². The molecule has 3 nitrogen and oxygen atoms in total. The van der Waals surface area contributed by atoms with Crippen molar-refractivity contribution in [2.75, 3.05) is 0 Å². The van der Waals surface area contributed by atoms with Gasteiger partial charge in [-0.1, -0.05) is 18.5 Å². The minimum absolute atomic E-state index is 0.472. The molecule has 0 aliphatic carbocycles. The number of aryl methyl sites for hydroxylation is 2. The van der Waals surface area contributed by atoms with Crippen molar-refractivity contribution >= 4 is 22.9 Å². The number of aromatic nitrogens is 1. The Balaban J connectivity index is 2.07. The maximum Gasteiger partial charge on any atom is 0.140 e. The zero-order valence-corrected chi connectivity index (χ0v) is 12.6. The second kappa shape index (κ2) is 6.37. The number of ether oxygens (including phenoxy) is 1. The van der Waals surface area contributed by atoms with E-state index in [-0.39, 0.29) is 0 Å². The number of rotatable bonds is 5. The van der Waals surface area contributed by atoms with Gasteiger partial charge < -0.3 is 10.5 Å². The minimum atomic E-state index is 0.472. The highest BCUT2D eigenvalue weighted by Gasteiger charge is 2.09. The normalized spacial score (nSPS) is 10.7. The van der Waals surface area contributed by atoms with Crippen molar-refractivity contribution in [1.29, 1.82) is 0 Å². The number of nitrogens with zero attached hydrogens (tertiary/aromatic N) is 1. The summed E-state index contributed by atoms with van der Waals surface area (Å²) in [6.07, 6.45) is 0.906. The molecule has 1 aromatic carbocycles. The summed E-state index contributed by atoms with van der Waals surface area (Å²) in [6.45, 7) is 5.08. The summed E-state index contributed by atoms with van der Waals surface area (Å²) in [5, 5.41) is 1.68. The molecule has 2 rings (SSSR count). The Labute approximate surface area is 122 Å². The lowest BCUT2D eigenvalue weighted by Crippen LogP contribution is -1.97. The lowest BCUT2D eigenvalue weighted by Gasteiger charge is -2.07. The van der Waals surface area contributed by atoms with Gasteiger partial charge in [0.15, 0.2) is 0 Å². The molecule has 0 radical (unpaired) electrons. The van der Waals surface area contributed by atoms with Gasteiger partial charge in [0, 0.05) is 16.4 Å². The van der Waals surface area contributed by atoms with E-state index < -0.39 is 0 Å². The van der Waals surface area contributed by atoms with Gasteiger partial charge in [-0.05, 0) is 37.1 Å². The maximum atomic E-state index is 5.92. The lowest BCUT2D eigenvalue weighted by atomic mass is 10.2. The highest BCUT2D eigenvalue weighted by atomic mass is 35.5. The Morgan fingerprint density at radius 1 is 1.42 bits per heavy atom. The molecule has 0 atom stereocenters. The molecule has 0 spiro atoms. The van der Waals surface area contributed by atoms with Crippen molar-refractivity contribution in [2.45, 2.75) is 33.4 Å². The molecule has 0 fully saturated rings. The molecule has 0 amide bonds. The van der Waals surface area contributed by atoms with Crippen molar-refractivity contribution in [3.05, 3.63) is 44.4 Å². The second-order valence-corrected chi connectivity index (χ2v) is 5.84. The largest absolute Gasteiger partial charge is 0.486 e. The molecule has 19 heavy (non-hydrogen) atoms. The second-order valence-electron chi connectivity index (χ2n) is 4.23. The number of hydrogen-bond donors (Lipinski definition) is 1. The fourth-order valence-electron chi connectivity index (χ4n) is 1.85. The first kappa shape index (κ1) is 14.3. The molecule has 0 aliphatic rings. The minimum Gasteiger partial charge on any atom is -0.486 e. The van der Waals surface area contributed by atoms with Crippen molar-refractivity contribution < 1.29 is 4.74 Å². The Morgan fingerprint density at radius 3 is 2.79 bits per heavy atom. The number of halogens is 1. The van der Waals surface area contributed by atoms with Gasteiger partial charge in [-0.15, -0.1) is 11.3 Å². The summed E-state index contributed by atoms with van der Waals surface area (Å²) < 4.78 is 5.78. The molecule has 0 saturated carbocycles. The first-order valence-electron chi connectivity index (χ1n) is 6.20. The molecule has 0 saturated heterocycles. The number of hydrogen-bond acceptors (Lipinski definition) is 4. The summed E-state index contributed by atoms with van der Waals surface area (Å²) in [7, 11) is 0. The Morgan fingerprint density at radius 2 is 2.21 bits per heavy atom. The summed E-state index contributed by atoms with van der Waals surface area (Å²) in [5.41, 5.74) is 7.81. The first-order chi connectivity index (χ1) is 9.13. The standard InChI is InChI=1S/C14H17ClN2OS/c1-3-11-13(7-16)19-14(17-11)8-18-12-5-4-10(15)6-9(12)2/h4-6H,3,7-8,16H2,1-2H3. The van der Waals surface area contributed by atoms with E-state index in [9.17, 15) is 0 Å². The monoisotopic (exact) mass is 296 g/mol. The van der Waals surface area contributed by atoms with Gasteiger partial charge in [0.1, 0.15) is 17.4 Å². The van der Waals surface area contributed by atoms with Crippen LogP contribution < -0.4 is 10.5 Å². The van der Waals surface area contributed by atoms with Crippen LogP contribution in [0.4, 0.5) is 0 Å². The molecule has 0 aliphatic heterocycles. The van der Waals surface area contributed by atoms with E-state index >= 15 is 0 Å². The molecular formula is C14H17ClN2OS. The third-order valence-corrected chi connectivity index (χ3v) is 4.16. The average Bonchev–Trinajstić information content (AvgIpc) is 2.80. The molecule has 1 aromatic heterocycles. The van der Waals surface area contributed by atoms with Crippen molar-refractivity contribution in [2.24, 2.45) is 5.73 Å². The van der Waals surface area contributed by atoms with Gasteiger partial charge in [-0.3, -0.25) is 0 Å². The van der Waals surface area contributed by atoms with Crippen molar-refractivity contribution in [3.63, 3.8) is 0 Å². The van der Waals surface area contributed by atoms with Gasteiger partial charge in [0.05, 0.1) is 5.69 Å². The molecule has 2 N–H and O–H groups in total. The van der Waals surface area contributed by atoms with Crippen LogP contribution in [-0.2, 0) is 19.6 Å². The smallest absolute Gasteiger partial charge is 0.140 e. The molecule has 0 unspecified atom stereocenters. The molecule has 2 aromatic rings. The van der Waals surface area contributed by atoms with Crippen molar-refractivity contribution in [3.8, 4) is 5.75 Å². The Bertz CT molecular complexity index is 547. The van der Waals surface area contributed by atoms with E-state index in [1.54, 1.807) is 11.3 Å². The predicted octanol–water partition coefficient (Wildman–Crippen LogP) is 3.71. The van der Waals surface area contributed by atoms with Gasteiger partial charge >= 0.3 is 0 Å². The van der Waals surface area contributed by atoms with Crippen LogP contribution in [0.15, 0.2) is 18.2 Å². The fraction of sp³-hybridized carbons (Fsp3) is 0.357. The highest BCUT2D eigenvalue weighted by Crippen LogP contribution is 2.24. The molecule has 5 heteroatoms. The number of thiazole rings is 1. The third kappa shape index (κ3) is 3.47. The Kier molecular flexibility index (Phi) is 4.80. The lowest BCUT2D eigenvalue weighted by molar-refractivity contribution is 0.303. The van der Waals surface area contributed by atoms with E-state index in [4.69, 9.17) is 22.1 Å². The average molecular weight is 297 g/mol. The third-order valence-electron chi connectivity index (χ3n) is 2.83. The SMILES string of the molecule is CCc1nc(COc2ccc(Cl)cc2C)sc1CN. The van der Waals surface area contributed by atoms with Gasteiger partial charge in [-0.2, -0.15) is 0 Å². The van der Waals surface area contributed by atoms with E-state index in [0.717, 1.165) is 38.3 Å². The highest BCUT2D eigenvalue weighted by molar-refractivity contribution is 7.11. The van der Waals surface area contributed by atoms with E-state index in [0.29, 0.717) is 13.2 Å². The number of benzene rings is 1. The van der Waals surface area contributed by atoms with Gasteiger partial charge in [0.2, 0.25) is 0 Å². The van der Waals surface area contributed by atoms with Gasteiger partial charge in [0.25, 0.3) is 0 Å². The fourth-order valence-corrected chi connectivity index (χ4v) is 3.02. The zero-order valence-electron chi connectivity index (χ0n) is 11.1. The first-order valence-corrected chi connectivity index (χ1v) is 7.40. The topological polar surface area (TPSA) is 48.1 Å². The van der Waals surface area contributed by atoms with Crippen LogP contribution in [0.3, 0.4) is 0 Å². The van der Waals surface area contributed by atoms with E-state index in [1.165, 1.54) is 0 Å². The predicted molar refractivity (Wildman–Crippen MR) is 79.9 cm³/mol. The molecule has 0 bridgehead atoms. The van der Waals surface area contributed by atoms with Gasteiger partial charge in [-0.25, -0.2) is 4.98 Å². The van der Waals surface area contributed by atoms with Crippen LogP contribution in [0, 0.1) is 6.92 Å². The van der Waals surface area contributed by atoms with E-state index in [2.05, 4.69) is 11.9 Å². The number of nitrogens with two attached hydrogens (primary N) is 1. The summed E-state index contributed by atoms with van der Waals surface area (Å²) in [5.74, 6) is 0.840. The van der Waals surface area contributed by atoms with Crippen LogP contribution >= 0.6 is 22.9 Å². The van der Waals surface area contributed by atoms with Crippen LogP contribution in [0.5, 0.6) is 5.75 Å². The summed E-state index contributed by atoms with van der Waals surface area (Å²) >= 11 is 7.54. The molecular weight excluding hydrogens is 280 g/mol. The Hall–Kier alpha value is -1.10. The molecule has 102 valence electrons. The molecule has 1 heterocycles. The zero-order chi connectivity index (χ0) is 13.8. The summed E-state index contributed by atoms with van der Waals surface area (Å²) in [6, 6.07) is 5.60. The van der Waals surface area contributed by atoms with Crippen LogP contribution in [0.1, 0.15) is 28.1 Å². The van der Waals surface area contributed by atoms with Crippen molar-refractivity contribution in [1.82, 2.24) is 4.98 Å². The van der Waals surface area contributed by atoms with Crippen LogP contribution in [0.25, 0.3) is 0 Å². The van der Waals surface area contributed by atoms with Crippen LogP contribution in [0.2, 0.25) is 5.02 Å². The maximum absolute atomic E-state index is 5.92.